The van der Waals surface area contributed by atoms with Crippen LogP contribution in [0, 0.1) is 0 Å². The van der Waals surface area contributed by atoms with Crippen LogP contribution in [0.15, 0.2) is 36.5 Å². The Hall–Kier alpha value is -3.51. The van der Waals surface area contributed by atoms with E-state index in [1.807, 2.05) is 0 Å². The van der Waals surface area contributed by atoms with Gasteiger partial charge in [0.05, 0.1) is 24.8 Å². The molecule has 1 aromatic carbocycles. The predicted molar refractivity (Wildman–Crippen MR) is 129 cm³/mol. The van der Waals surface area contributed by atoms with Gasteiger partial charge in [0, 0.05) is 49.3 Å². The number of aromatic nitrogens is 3. The third-order valence-electron chi connectivity index (χ3n) is 6.52. The third-order valence-corrected chi connectivity index (χ3v) is 6.52. The number of pyridine rings is 1. The number of nitrogens with zero attached hydrogens (tertiary/aromatic N) is 4. The smallest absolute Gasteiger partial charge is 0.433 e. The standard InChI is InChI=1S/C26H27F3N4O5/c27-26(28,29)24-5-1-4-20(30-24)22(34)12-17-11-18-14-33(15-25(35)32-6-9-36-10-7-32)31-21(18)13-23(17)38-16-19-3-2-8-37-19/h1,4-5,11,13-14,19H,2-3,6-10,12,15-16H2. The maximum absolute atomic E-state index is 13.1. The number of halogens is 3. The van der Waals surface area contributed by atoms with Crippen molar-refractivity contribution < 1.29 is 37.0 Å². The molecule has 12 heteroatoms. The lowest BCUT2D eigenvalue weighted by Gasteiger charge is -2.26. The van der Waals surface area contributed by atoms with Gasteiger partial charge in [-0.05, 0) is 31.0 Å². The number of amides is 1. The summed E-state index contributed by atoms with van der Waals surface area (Å²) >= 11 is 0. The van der Waals surface area contributed by atoms with E-state index in [0.29, 0.717) is 55.1 Å². The van der Waals surface area contributed by atoms with E-state index in [1.165, 1.54) is 10.7 Å². The van der Waals surface area contributed by atoms with Crippen LogP contribution in [0.25, 0.3) is 10.9 Å². The average Bonchev–Trinajstić information content (AvgIpc) is 3.56. The van der Waals surface area contributed by atoms with Gasteiger partial charge >= 0.3 is 6.18 Å². The van der Waals surface area contributed by atoms with E-state index in [2.05, 4.69) is 10.1 Å². The van der Waals surface area contributed by atoms with Crippen LogP contribution in [0.4, 0.5) is 13.2 Å². The molecule has 2 saturated heterocycles. The lowest BCUT2D eigenvalue weighted by molar-refractivity contribution is -0.141. The van der Waals surface area contributed by atoms with Crippen LogP contribution in [0.5, 0.6) is 5.75 Å². The second kappa shape index (κ2) is 11.1. The van der Waals surface area contributed by atoms with Crippen molar-refractivity contribution in [3.8, 4) is 5.75 Å². The molecule has 5 rings (SSSR count). The highest BCUT2D eigenvalue weighted by atomic mass is 19.4. The quantitative estimate of drug-likeness (QED) is 0.411. The predicted octanol–water partition coefficient (Wildman–Crippen LogP) is 3.29. The monoisotopic (exact) mass is 532 g/mol. The zero-order valence-corrected chi connectivity index (χ0v) is 20.6. The Morgan fingerprint density at radius 1 is 1.13 bits per heavy atom. The molecule has 2 aliphatic heterocycles. The van der Waals surface area contributed by atoms with E-state index in [9.17, 15) is 22.8 Å². The summed E-state index contributed by atoms with van der Waals surface area (Å²) in [6.07, 6.45) is -1.47. The van der Waals surface area contributed by atoms with Crippen LogP contribution >= 0.6 is 0 Å². The van der Waals surface area contributed by atoms with Crippen LogP contribution < -0.4 is 4.74 Å². The van der Waals surface area contributed by atoms with Gasteiger partial charge in [-0.25, -0.2) is 4.98 Å². The fourth-order valence-corrected chi connectivity index (χ4v) is 4.53. The van der Waals surface area contributed by atoms with Crippen molar-refractivity contribution >= 4 is 22.6 Å². The number of hydrogen-bond acceptors (Lipinski definition) is 7. The van der Waals surface area contributed by atoms with Crippen LogP contribution in [0.1, 0.15) is 34.6 Å². The number of alkyl halides is 3. The van der Waals surface area contributed by atoms with E-state index in [4.69, 9.17) is 14.2 Å². The maximum Gasteiger partial charge on any atom is 0.433 e. The highest BCUT2D eigenvalue weighted by Gasteiger charge is 2.33. The van der Waals surface area contributed by atoms with Gasteiger partial charge in [0.25, 0.3) is 0 Å². The number of benzene rings is 1. The first-order chi connectivity index (χ1) is 18.3. The van der Waals surface area contributed by atoms with Crippen molar-refractivity contribution in [1.82, 2.24) is 19.7 Å². The molecular weight excluding hydrogens is 505 g/mol. The SMILES string of the molecule is O=C(Cc1cc2cn(CC(=O)N3CCOCC3)nc2cc1OCC1CCCO1)c1cccc(C(F)(F)F)n1. The van der Waals surface area contributed by atoms with E-state index >= 15 is 0 Å². The molecule has 9 nitrogen and oxygen atoms in total. The average molecular weight is 533 g/mol. The molecule has 0 saturated carbocycles. The largest absolute Gasteiger partial charge is 0.491 e. The summed E-state index contributed by atoms with van der Waals surface area (Å²) < 4.78 is 57.8. The zero-order valence-electron chi connectivity index (χ0n) is 20.6. The van der Waals surface area contributed by atoms with Gasteiger partial charge in [-0.1, -0.05) is 6.07 Å². The van der Waals surface area contributed by atoms with Crippen molar-refractivity contribution in [2.45, 2.75) is 38.1 Å². The summed E-state index contributed by atoms with van der Waals surface area (Å²) in [5.41, 5.74) is -0.356. The Kier molecular flexibility index (Phi) is 7.61. The number of Topliss-reactive ketones (excluding diaryl/α,β-unsaturated/α-hetero) is 1. The molecule has 202 valence electrons. The molecule has 1 amide bonds. The van der Waals surface area contributed by atoms with Gasteiger partial charge in [-0.2, -0.15) is 18.3 Å². The minimum atomic E-state index is -4.65. The molecular formula is C26H27F3N4O5. The van der Waals surface area contributed by atoms with Crippen LogP contribution in [-0.4, -0.2) is 77.0 Å². The third kappa shape index (κ3) is 6.13. The summed E-state index contributed by atoms with van der Waals surface area (Å²) in [6, 6.07) is 6.65. The normalized spacial score (nSPS) is 18.2. The fourth-order valence-electron chi connectivity index (χ4n) is 4.53. The zero-order chi connectivity index (χ0) is 26.7. The number of morpholine rings is 1. The maximum atomic E-state index is 13.1. The van der Waals surface area contributed by atoms with Crippen LogP contribution in [0.3, 0.4) is 0 Å². The molecule has 2 aromatic heterocycles. The van der Waals surface area contributed by atoms with Crippen molar-refractivity contribution in [2.24, 2.45) is 0 Å². The van der Waals surface area contributed by atoms with Crippen molar-refractivity contribution in [3.63, 3.8) is 0 Å². The van der Waals surface area contributed by atoms with E-state index in [0.717, 1.165) is 25.0 Å². The molecule has 0 bridgehead atoms. The first kappa shape index (κ1) is 26.1. The van der Waals surface area contributed by atoms with Gasteiger partial charge in [0.2, 0.25) is 5.91 Å². The number of fused-ring (bicyclic) bond motifs is 1. The van der Waals surface area contributed by atoms with E-state index in [1.54, 1.807) is 23.2 Å². The molecule has 2 fully saturated rings. The summed E-state index contributed by atoms with van der Waals surface area (Å²) in [6.45, 7) is 3.01. The molecule has 1 unspecified atom stereocenters. The van der Waals surface area contributed by atoms with Gasteiger partial charge in [-0.3, -0.25) is 14.3 Å². The van der Waals surface area contributed by atoms with E-state index < -0.39 is 17.7 Å². The Bertz CT molecular complexity index is 1310. The first-order valence-corrected chi connectivity index (χ1v) is 12.4. The first-order valence-electron chi connectivity index (χ1n) is 12.4. The fraction of sp³-hybridized carbons (Fsp3) is 0.462. The number of ether oxygens (including phenoxy) is 3. The minimum Gasteiger partial charge on any atom is -0.491 e. The molecule has 0 spiro atoms. The molecule has 1 atom stereocenters. The molecule has 2 aliphatic rings. The van der Waals surface area contributed by atoms with Gasteiger partial charge < -0.3 is 19.1 Å². The number of carbonyl (C=O) groups is 2. The number of ketones is 1. The van der Waals surface area contributed by atoms with Crippen molar-refractivity contribution in [1.29, 1.82) is 0 Å². The second-order valence-electron chi connectivity index (χ2n) is 9.29. The van der Waals surface area contributed by atoms with E-state index in [-0.39, 0.29) is 37.3 Å². The Morgan fingerprint density at radius 3 is 2.68 bits per heavy atom. The summed E-state index contributed by atoms with van der Waals surface area (Å²) in [4.78, 5) is 30.9. The molecule has 4 heterocycles. The minimum absolute atomic E-state index is 0.0448. The second-order valence-corrected chi connectivity index (χ2v) is 9.29. The van der Waals surface area contributed by atoms with Gasteiger partial charge in [0.1, 0.15) is 30.3 Å². The van der Waals surface area contributed by atoms with Crippen molar-refractivity contribution in [3.05, 3.63) is 53.5 Å². The number of hydrogen-bond donors (Lipinski definition) is 0. The summed E-state index contributed by atoms with van der Waals surface area (Å²) in [7, 11) is 0. The van der Waals surface area contributed by atoms with Crippen molar-refractivity contribution in [2.75, 3.05) is 39.5 Å². The molecule has 38 heavy (non-hydrogen) atoms. The number of carbonyl (C=O) groups excluding carboxylic acids is 2. The highest BCUT2D eigenvalue weighted by molar-refractivity contribution is 5.97. The molecule has 0 aliphatic carbocycles. The Balaban J connectivity index is 1.39. The van der Waals surface area contributed by atoms with Gasteiger partial charge in [-0.15, -0.1) is 0 Å². The Labute approximate surface area is 216 Å². The number of rotatable bonds is 8. The molecule has 0 radical (unpaired) electrons. The summed E-state index contributed by atoms with van der Waals surface area (Å²) in [5.74, 6) is -0.271. The summed E-state index contributed by atoms with van der Waals surface area (Å²) in [5, 5.41) is 5.18. The van der Waals surface area contributed by atoms with Crippen LogP contribution in [-0.2, 0) is 33.4 Å². The molecule has 0 N–H and O–H groups in total. The lowest BCUT2D eigenvalue weighted by Crippen LogP contribution is -2.42. The molecule has 3 aromatic rings. The van der Waals surface area contributed by atoms with Crippen LogP contribution in [0.2, 0.25) is 0 Å². The van der Waals surface area contributed by atoms with Gasteiger partial charge in [0.15, 0.2) is 5.78 Å². The Morgan fingerprint density at radius 2 is 1.95 bits per heavy atom. The lowest BCUT2D eigenvalue weighted by atomic mass is 10.0. The highest BCUT2D eigenvalue weighted by Crippen LogP contribution is 2.30. The topological polar surface area (TPSA) is 95.8 Å².